The molecule has 5 heterocycles. The summed E-state index contributed by atoms with van der Waals surface area (Å²) in [6.45, 7) is 3.00. The third kappa shape index (κ3) is 4.70. The Labute approximate surface area is 226 Å². The van der Waals surface area contributed by atoms with Crippen LogP contribution in [0.15, 0.2) is 97.6 Å². The number of likely N-dealkylation sites (tertiary alicyclic amines) is 1. The van der Waals surface area contributed by atoms with Crippen LogP contribution in [0, 0.1) is 0 Å². The summed E-state index contributed by atoms with van der Waals surface area (Å²) in [7, 11) is 0. The number of aromatic amines is 1. The average Bonchev–Trinajstić information content (AvgIpc) is 3.65. The number of rotatable bonds is 6. The normalized spacial score (nSPS) is 14.7. The first-order valence-corrected chi connectivity index (χ1v) is 13.3. The summed E-state index contributed by atoms with van der Waals surface area (Å²) in [4.78, 5) is 20.8. The molecular formula is C31H28N8. The molecule has 192 valence electrons. The molecule has 0 amide bonds. The highest BCUT2D eigenvalue weighted by molar-refractivity contribution is 5.81. The molecule has 0 atom stereocenters. The van der Waals surface area contributed by atoms with Crippen molar-refractivity contribution in [1.29, 1.82) is 0 Å². The van der Waals surface area contributed by atoms with Gasteiger partial charge < -0.3 is 0 Å². The van der Waals surface area contributed by atoms with Crippen LogP contribution < -0.4 is 0 Å². The van der Waals surface area contributed by atoms with Crippen LogP contribution in [0.4, 0.5) is 0 Å². The second kappa shape index (κ2) is 10.2. The maximum Gasteiger partial charge on any atom is 0.199 e. The van der Waals surface area contributed by atoms with Crippen molar-refractivity contribution in [1.82, 2.24) is 39.4 Å². The van der Waals surface area contributed by atoms with Crippen molar-refractivity contribution in [3.8, 4) is 34.0 Å². The highest BCUT2D eigenvalue weighted by atomic mass is 15.2. The molecule has 6 aromatic rings. The van der Waals surface area contributed by atoms with Gasteiger partial charge in [0.2, 0.25) is 0 Å². The Bertz CT molecular complexity index is 1680. The van der Waals surface area contributed by atoms with Crippen molar-refractivity contribution < 1.29 is 0 Å². The number of nitrogens with one attached hydrogen (secondary N) is 1. The van der Waals surface area contributed by atoms with Crippen LogP contribution in [0.1, 0.15) is 30.1 Å². The third-order valence-electron chi connectivity index (χ3n) is 7.48. The Morgan fingerprint density at radius 2 is 1.64 bits per heavy atom. The first-order valence-electron chi connectivity index (χ1n) is 13.3. The van der Waals surface area contributed by atoms with Gasteiger partial charge >= 0.3 is 0 Å². The second-order valence-electron chi connectivity index (χ2n) is 9.99. The molecule has 0 unspecified atom stereocenters. The lowest BCUT2D eigenvalue weighted by Crippen LogP contribution is -2.32. The number of piperidine rings is 1. The number of hydrogen-bond donors (Lipinski definition) is 1. The van der Waals surface area contributed by atoms with Gasteiger partial charge in [-0.25, -0.2) is 9.97 Å². The van der Waals surface area contributed by atoms with Crippen LogP contribution in [0.5, 0.6) is 0 Å². The van der Waals surface area contributed by atoms with Crippen molar-refractivity contribution in [2.75, 3.05) is 13.1 Å². The average molecular weight is 513 g/mol. The van der Waals surface area contributed by atoms with Crippen molar-refractivity contribution in [2.45, 2.75) is 25.3 Å². The molecule has 2 aromatic carbocycles. The molecule has 1 saturated heterocycles. The molecule has 7 rings (SSSR count). The predicted octanol–water partition coefficient (Wildman–Crippen LogP) is 5.62. The molecule has 0 spiro atoms. The van der Waals surface area contributed by atoms with E-state index in [1.807, 2.05) is 36.7 Å². The Kier molecular flexibility index (Phi) is 6.14. The maximum atomic E-state index is 4.93. The number of nitrogens with zero attached hydrogens (tertiary/aromatic N) is 7. The Morgan fingerprint density at radius 1 is 0.821 bits per heavy atom. The standard InChI is InChI=1S/C31H28N8/c1-2-6-24(7-3-1)29-28(34-27-20-32-16-19-39(27)29)23-11-9-22(10-12-23)21-38-17-13-25(14-18-38)30-35-31(37-36-30)26-8-4-5-15-33-26/h1-12,15-16,19-20,25H,13-14,17-18,21H2,(H,35,36,37). The molecule has 39 heavy (non-hydrogen) atoms. The minimum atomic E-state index is 0.398. The fraction of sp³-hybridized carbons (Fsp3) is 0.194. The summed E-state index contributed by atoms with van der Waals surface area (Å²) in [5.41, 5.74) is 7.25. The number of fused-ring (bicyclic) bond motifs is 1. The summed E-state index contributed by atoms with van der Waals surface area (Å²) < 4.78 is 2.11. The van der Waals surface area contributed by atoms with Gasteiger partial charge in [0.25, 0.3) is 0 Å². The molecule has 4 aromatic heterocycles. The first-order chi connectivity index (χ1) is 19.3. The van der Waals surface area contributed by atoms with Gasteiger partial charge in [-0.15, -0.1) is 0 Å². The van der Waals surface area contributed by atoms with E-state index in [0.29, 0.717) is 11.7 Å². The van der Waals surface area contributed by atoms with E-state index in [9.17, 15) is 0 Å². The van der Waals surface area contributed by atoms with Gasteiger partial charge in [-0.1, -0.05) is 60.7 Å². The minimum absolute atomic E-state index is 0.398. The number of imidazole rings is 1. The largest absolute Gasteiger partial charge is 0.299 e. The van der Waals surface area contributed by atoms with Gasteiger partial charge in [0, 0.05) is 42.2 Å². The lowest BCUT2D eigenvalue weighted by molar-refractivity contribution is 0.202. The molecule has 8 heteroatoms. The van der Waals surface area contributed by atoms with Gasteiger partial charge in [0.05, 0.1) is 17.6 Å². The lowest BCUT2D eigenvalue weighted by Gasteiger charge is -2.30. The molecule has 1 N–H and O–H groups in total. The number of aromatic nitrogens is 7. The fourth-order valence-electron chi connectivity index (χ4n) is 5.44. The van der Waals surface area contributed by atoms with E-state index in [1.54, 1.807) is 12.4 Å². The molecule has 0 bridgehead atoms. The predicted molar refractivity (Wildman–Crippen MR) is 151 cm³/mol. The van der Waals surface area contributed by atoms with E-state index in [1.165, 1.54) is 5.56 Å². The number of hydrogen-bond acceptors (Lipinski definition) is 6. The number of benzene rings is 2. The smallest absolute Gasteiger partial charge is 0.199 e. The summed E-state index contributed by atoms with van der Waals surface area (Å²) in [5, 5.41) is 7.55. The summed E-state index contributed by atoms with van der Waals surface area (Å²) in [6.07, 6.45) is 9.48. The van der Waals surface area contributed by atoms with Gasteiger partial charge in [0.1, 0.15) is 11.5 Å². The summed E-state index contributed by atoms with van der Waals surface area (Å²) in [6, 6.07) is 25.1. The highest BCUT2D eigenvalue weighted by Crippen LogP contribution is 2.33. The summed E-state index contributed by atoms with van der Waals surface area (Å²) in [5.74, 6) is 2.04. The molecule has 0 saturated carbocycles. The molecular weight excluding hydrogens is 484 g/mol. The lowest BCUT2D eigenvalue weighted by atomic mass is 9.95. The first kappa shape index (κ1) is 23.4. The summed E-state index contributed by atoms with van der Waals surface area (Å²) >= 11 is 0. The van der Waals surface area contributed by atoms with Crippen molar-refractivity contribution >= 4 is 5.65 Å². The Hall–Kier alpha value is -4.69. The maximum absolute atomic E-state index is 4.93. The van der Waals surface area contributed by atoms with E-state index in [-0.39, 0.29) is 0 Å². The zero-order valence-electron chi connectivity index (χ0n) is 21.5. The van der Waals surface area contributed by atoms with Crippen LogP contribution in [0.25, 0.3) is 39.7 Å². The minimum Gasteiger partial charge on any atom is -0.299 e. The molecule has 8 nitrogen and oxygen atoms in total. The molecule has 1 aliphatic heterocycles. The van der Waals surface area contributed by atoms with Crippen LogP contribution in [-0.4, -0.2) is 52.5 Å². The third-order valence-corrected chi connectivity index (χ3v) is 7.48. The van der Waals surface area contributed by atoms with Crippen molar-refractivity contribution in [3.05, 3.63) is 109 Å². The quantitative estimate of drug-likeness (QED) is 0.312. The number of H-pyrrole nitrogens is 1. The van der Waals surface area contributed by atoms with E-state index in [4.69, 9.17) is 9.97 Å². The van der Waals surface area contributed by atoms with Gasteiger partial charge in [-0.2, -0.15) is 5.10 Å². The highest BCUT2D eigenvalue weighted by Gasteiger charge is 2.24. The Morgan fingerprint density at radius 3 is 2.44 bits per heavy atom. The van der Waals surface area contributed by atoms with E-state index in [0.717, 1.165) is 72.2 Å². The second-order valence-corrected chi connectivity index (χ2v) is 9.99. The molecule has 1 aliphatic rings. The monoisotopic (exact) mass is 512 g/mol. The van der Waals surface area contributed by atoms with Crippen molar-refractivity contribution in [3.63, 3.8) is 0 Å². The van der Waals surface area contributed by atoms with E-state index in [2.05, 4.69) is 78.0 Å². The van der Waals surface area contributed by atoms with Crippen LogP contribution >= 0.6 is 0 Å². The van der Waals surface area contributed by atoms with E-state index >= 15 is 0 Å². The topological polar surface area (TPSA) is 87.9 Å². The van der Waals surface area contributed by atoms with Gasteiger partial charge in [-0.3, -0.25) is 24.4 Å². The molecule has 0 radical (unpaired) electrons. The van der Waals surface area contributed by atoms with Gasteiger partial charge in [-0.05, 0) is 43.6 Å². The zero-order valence-corrected chi connectivity index (χ0v) is 21.5. The SMILES string of the molecule is c1ccc(-c2c(-c3ccc(CN4CCC(c5nc(-c6ccccn6)n[nH]5)CC4)cc3)nc3cnccn23)cc1. The number of pyridine rings is 1. The van der Waals surface area contributed by atoms with Crippen LogP contribution in [-0.2, 0) is 6.54 Å². The van der Waals surface area contributed by atoms with Crippen LogP contribution in [0.3, 0.4) is 0 Å². The molecule has 1 fully saturated rings. The zero-order chi connectivity index (χ0) is 26.0. The van der Waals surface area contributed by atoms with Crippen LogP contribution in [0.2, 0.25) is 0 Å². The molecule has 0 aliphatic carbocycles. The fourth-order valence-corrected chi connectivity index (χ4v) is 5.44. The van der Waals surface area contributed by atoms with Gasteiger partial charge in [0.15, 0.2) is 11.5 Å². The van der Waals surface area contributed by atoms with E-state index < -0.39 is 0 Å². The Balaban J connectivity index is 1.04. The van der Waals surface area contributed by atoms with Crippen molar-refractivity contribution in [2.24, 2.45) is 0 Å².